The minimum Gasteiger partial charge on any atom is -0.346 e. The summed E-state index contributed by atoms with van der Waals surface area (Å²) in [7, 11) is 0. The van der Waals surface area contributed by atoms with E-state index in [0.29, 0.717) is 17.2 Å². The lowest BCUT2D eigenvalue weighted by molar-refractivity contribution is 0.0923. The predicted octanol–water partition coefficient (Wildman–Crippen LogP) is 1.94. The molecule has 0 spiro atoms. The number of carbonyl (C=O) groups is 1. The second-order valence-electron chi connectivity index (χ2n) is 7.41. The highest BCUT2D eigenvalue weighted by molar-refractivity contribution is 5.95. The lowest BCUT2D eigenvalue weighted by atomic mass is 9.95. The van der Waals surface area contributed by atoms with E-state index in [1.807, 2.05) is 40.8 Å². The van der Waals surface area contributed by atoms with Gasteiger partial charge in [-0.2, -0.15) is 5.26 Å². The molecule has 0 radical (unpaired) electrons. The van der Waals surface area contributed by atoms with E-state index in [9.17, 15) is 10.1 Å². The van der Waals surface area contributed by atoms with Crippen LogP contribution >= 0.6 is 0 Å². The molecule has 2 saturated heterocycles. The molecule has 8 nitrogen and oxygen atoms in total. The van der Waals surface area contributed by atoms with Crippen molar-refractivity contribution in [3.05, 3.63) is 48.0 Å². The van der Waals surface area contributed by atoms with E-state index in [1.165, 1.54) is 0 Å². The third-order valence-electron chi connectivity index (χ3n) is 5.74. The van der Waals surface area contributed by atoms with E-state index in [4.69, 9.17) is 0 Å². The molecule has 2 aliphatic heterocycles. The molecule has 3 aromatic rings. The van der Waals surface area contributed by atoms with Gasteiger partial charge in [-0.25, -0.2) is 15.0 Å². The molecule has 0 aromatic carbocycles. The number of hydrogen-bond donors (Lipinski definition) is 1. The van der Waals surface area contributed by atoms with E-state index in [2.05, 4.69) is 26.5 Å². The summed E-state index contributed by atoms with van der Waals surface area (Å²) in [6.45, 7) is 1.92. The number of carbonyl (C=O) groups excluding carboxylic acids is 1. The van der Waals surface area contributed by atoms with Crippen LogP contribution in [0.4, 0.5) is 0 Å². The van der Waals surface area contributed by atoms with E-state index < -0.39 is 0 Å². The monoisotopic (exact) mass is 373 g/mol. The van der Waals surface area contributed by atoms with Crippen LogP contribution in [0.5, 0.6) is 0 Å². The van der Waals surface area contributed by atoms with Gasteiger partial charge < -0.3 is 10.2 Å². The molecular formula is C20H19N7O. The highest BCUT2D eigenvalue weighted by atomic mass is 16.2. The van der Waals surface area contributed by atoms with Crippen LogP contribution in [-0.2, 0) is 0 Å². The number of rotatable bonds is 3. The summed E-state index contributed by atoms with van der Waals surface area (Å²) < 4.78 is 1.86. The number of hydrogen-bond acceptors (Lipinski definition) is 6. The predicted molar refractivity (Wildman–Crippen MR) is 102 cm³/mol. The lowest BCUT2D eigenvalue weighted by Gasteiger charge is -2.21. The molecule has 2 fully saturated rings. The van der Waals surface area contributed by atoms with E-state index in [1.54, 1.807) is 12.3 Å². The number of pyridine rings is 1. The molecule has 3 atom stereocenters. The molecule has 0 aliphatic carbocycles. The normalized spacial score (nSPS) is 23.1. The maximum atomic E-state index is 12.7. The summed E-state index contributed by atoms with van der Waals surface area (Å²) >= 11 is 0. The summed E-state index contributed by atoms with van der Waals surface area (Å²) in [5.41, 5.74) is 2.82. The highest BCUT2D eigenvalue weighted by Crippen LogP contribution is 2.37. The number of aryl methyl sites for hydroxylation is 1. The Labute approximate surface area is 161 Å². The topological polar surface area (TPSA) is 99.7 Å². The number of amides is 1. The standard InChI is InChI=1S/C20H19N7O/c1-12-6-8-22-20(23-12)26-9-7-14-17(26)5-3-15(24-14)19(28)25-16-10-13-2-4-18(16)27(13)11-21/h3,5-9,13,16,18H,2,4,10H2,1H3,(H,25,28)/t13-,16+,18+/m0/s1. The zero-order valence-electron chi connectivity index (χ0n) is 15.4. The van der Waals surface area contributed by atoms with Crippen molar-refractivity contribution in [3.63, 3.8) is 0 Å². The van der Waals surface area contributed by atoms with Crippen molar-refractivity contribution in [2.24, 2.45) is 0 Å². The molecule has 8 heteroatoms. The van der Waals surface area contributed by atoms with Gasteiger partial charge in [-0.15, -0.1) is 0 Å². The Morgan fingerprint density at radius 1 is 1.25 bits per heavy atom. The third-order valence-corrected chi connectivity index (χ3v) is 5.74. The highest BCUT2D eigenvalue weighted by Gasteiger charge is 2.46. The summed E-state index contributed by atoms with van der Waals surface area (Å²) in [6.07, 6.45) is 8.66. The van der Waals surface area contributed by atoms with Crippen LogP contribution in [0.2, 0.25) is 0 Å². The fraction of sp³-hybridized carbons (Fsp3) is 0.350. The molecule has 0 unspecified atom stereocenters. The molecule has 5 heterocycles. The van der Waals surface area contributed by atoms with E-state index in [0.717, 1.165) is 30.5 Å². The van der Waals surface area contributed by atoms with Gasteiger partial charge in [0.2, 0.25) is 5.95 Å². The zero-order chi connectivity index (χ0) is 19.3. The maximum Gasteiger partial charge on any atom is 0.270 e. The molecule has 140 valence electrons. The number of nitriles is 1. The molecule has 1 N–H and O–H groups in total. The molecule has 28 heavy (non-hydrogen) atoms. The SMILES string of the molecule is Cc1ccnc(-n2ccc3nc(C(=O)N[C@@H]4C[C@@H]5CC[C@H]4N5C#N)ccc32)n1. The average Bonchev–Trinajstić information content (AvgIpc) is 3.39. The van der Waals surface area contributed by atoms with Crippen molar-refractivity contribution in [2.45, 2.75) is 44.3 Å². The number of aromatic nitrogens is 4. The van der Waals surface area contributed by atoms with Crippen molar-refractivity contribution in [3.8, 4) is 12.1 Å². The van der Waals surface area contributed by atoms with Gasteiger partial charge in [0.25, 0.3) is 5.91 Å². The number of fused-ring (bicyclic) bond motifs is 3. The largest absolute Gasteiger partial charge is 0.346 e. The van der Waals surface area contributed by atoms with Crippen LogP contribution in [-0.4, -0.2) is 48.5 Å². The molecule has 0 saturated carbocycles. The van der Waals surface area contributed by atoms with Gasteiger partial charge in [-0.05, 0) is 50.5 Å². The summed E-state index contributed by atoms with van der Waals surface area (Å²) in [5, 5.41) is 12.4. The molecule has 3 aromatic heterocycles. The van der Waals surface area contributed by atoms with Crippen LogP contribution in [0.15, 0.2) is 36.7 Å². The van der Waals surface area contributed by atoms with Crippen LogP contribution in [0.3, 0.4) is 0 Å². The quantitative estimate of drug-likeness (QED) is 0.704. The minimum absolute atomic E-state index is 0.00805. The number of nitrogens with one attached hydrogen (secondary N) is 1. The average molecular weight is 373 g/mol. The number of nitrogens with zero attached hydrogens (tertiary/aromatic N) is 6. The lowest BCUT2D eigenvalue weighted by Crippen LogP contribution is -2.43. The molecule has 2 bridgehead atoms. The Kier molecular flexibility index (Phi) is 3.76. The van der Waals surface area contributed by atoms with E-state index in [-0.39, 0.29) is 24.0 Å². The van der Waals surface area contributed by atoms with Crippen molar-refractivity contribution < 1.29 is 4.79 Å². The van der Waals surface area contributed by atoms with Crippen molar-refractivity contribution in [1.29, 1.82) is 5.26 Å². The van der Waals surface area contributed by atoms with Gasteiger partial charge in [0.15, 0.2) is 6.19 Å². The summed E-state index contributed by atoms with van der Waals surface area (Å²) in [5.74, 6) is 0.379. The van der Waals surface area contributed by atoms with Crippen LogP contribution < -0.4 is 5.32 Å². The second-order valence-corrected chi connectivity index (χ2v) is 7.41. The molecule has 1 amide bonds. The molecule has 5 rings (SSSR count). The maximum absolute atomic E-state index is 12.7. The van der Waals surface area contributed by atoms with Crippen molar-refractivity contribution in [2.75, 3.05) is 0 Å². The van der Waals surface area contributed by atoms with Gasteiger partial charge >= 0.3 is 0 Å². The Bertz CT molecular complexity index is 1120. The van der Waals surface area contributed by atoms with Gasteiger partial charge in [0, 0.05) is 24.1 Å². The molecule has 2 aliphatic rings. The third kappa shape index (κ3) is 2.59. The molecular weight excluding hydrogens is 354 g/mol. The Balaban J connectivity index is 1.39. The van der Waals surface area contributed by atoms with Gasteiger partial charge in [-0.3, -0.25) is 9.36 Å². The van der Waals surface area contributed by atoms with E-state index >= 15 is 0 Å². The van der Waals surface area contributed by atoms with Crippen molar-refractivity contribution in [1.82, 2.24) is 29.7 Å². The first-order valence-electron chi connectivity index (χ1n) is 9.41. The second kappa shape index (κ2) is 6.30. The summed E-state index contributed by atoms with van der Waals surface area (Å²) in [4.78, 5) is 27.8. The van der Waals surface area contributed by atoms with Gasteiger partial charge in [0.1, 0.15) is 5.69 Å². The summed E-state index contributed by atoms with van der Waals surface area (Å²) in [6, 6.07) is 7.67. The first-order chi connectivity index (χ1) is 13.6. The van der Waals surface area contributed by atoms with Crippen LogP contribution in [0.1, 0.15) is 35.4 Å². The smallest absolute Gasteiger partial charge is 0.270 e. The first kappa shape index (κ1) is 16.7. The van der Waals surface area contributed by atoms with Crippen molar-refractivity contribution >= 4 is 16.9 Å². The zero-order valence-corrected chi connectivity index (χ0v) is 15.4. The fourth-order valence-electron chi connectivity index (χ4n) is 4.41. The Morgan fingerprint density at radius 2 is 2.14 bits per heavy atom. The minimum atomic E-state index is -0.197. The Hall–Kier alpha value is -3.47. The van der Waals surface area contributed by atoms with Gasteiger partial charge in [0.05, 0.1) is 23.1 Å². The van der Waals surface area contributed by atoms with Gasteiger partial charge in [-0.1, -0.05) is 0 Å². The van der Waals surface area contributed by atoms with Crippen LogP contribution in [0.25, 0.3) is 17.0 Å². The Morgan fingerprint density at radius 3 is 2.93 bits per heavy atom. The first-order valence-corrected chi connectivity index (χ1v) is 9.41. The van der Waals surface area contributed by atoms with Crippen LogP contribution in [0, 0.1) is 18.4 Å². The fourth-order valence-corrected chi connectivity index (χ4v) is 4.41.